The first-order valence-corrected chi connectivity index (χ1v) is 8.07. The van der Waals surface area contributed by atoms with Crippen molar-refractivity contribution in [1.82, 2.24) is 15.2 Å². The Bertz CT molecular complexity index is 589. The number of nitrogens with two attached hydrogens (primary N) is 1. The molecule has 2 aromatic rings. The molecule has 0 fully saturated rings. The first-order valence-electron chi connectivity index (χ1n) is 7.28. The second-order valence-corrected chi connectivity index (χ2v) is 6.21. The van der Waals surface area contributed by atoms with Crippen LogP contribution in [-0.2, 0) is 19.4 Å². The van der Waals surface area contributed by atoms with Crippen molar-refractivity contribution in [3.63, 3.8) is 0 Å². The van der Waals surface area contributed by atoms with Gasteiger partial charge in [-0.1, -0.05) is 29.8 Å². The normalized spacial score (nSPS) is 12.6. The first-order chi connectivity index (χ1) is 10.0. The number of rotatable bonds is 6. The van der Waals surface area contributed by atoms with Crippen molar-refractivity contribution in [3.8, 4) is 0 Å². The van der Waals surface area contributed by atoms with E-state index >= 15 is 0 Å². The van der Waals surface area contributed by atoms with Crippen LogP contribution in [0.25, 0.3) is 0 Å². The summed E-state index contributed by atoms with van der Waals surface area (Å²) in [6.07, 6.45) is 1.75. The first kappa shape index (κ1) is 16.2. The van der Waals surface area contributed by atoms with Gasteiger partial charge in [-0.05, 0) is 48.7 Å². The van der Waals surface area contributed by atoms with Gasteiger partial charge in [0.2, 0.25) is 0 Å². The fourth-order valence-electron chi connectivity index (χ4n) is 2.50. The number of benzene rings is 1. The topological polar surface area (TPSA) is 55.9 Å². The SMILES string of the molecule is CCn1nc(C)c(Br)c1CC(Cc1ccc(C)cc1)NN. The number of nitrogens with zero attached hydrogens (tertiary/aromatic N) is 2. The molecule has 0 aliphatic carbocycles. The summed E-state index contributed by atoms with van der Waals surface area (Å²) >= 11 is 3.64. The van der Waals surface area contributed by atoms with Gasteiger partial charge in [-0.2, -0.15) is 5.10 Å². The van der Waals surface area contributed by atoms with Gasteiger partial charge in [-0.25, -0.2) is 0 Å². The Morgan fingerprint density at radius 1 is 1.24 bits per heavy atom. The summed E-state index contributed by atoms with van der Waals surface area (Å²) < 4.78 is 3.13. The van der Waals surface area contributed by atoms with Gasteiger partial charge in [0, 0.05) is 19.0 Å². The molecule has 0 radical (unpaired) electrons. The van der Waals surface area contributed by atoms with Crippen LogP contribution in [0.3, 0.4) is 0 Å². The van der Waals surface area contributed by atoms with Crippen LogP contribution >= 0.6 is 15.9 Å². The van der Waals surface area contributed by atoms with Gasteiger partial charge in [0.1, 0.15) is 0 Å². The summed E-state index contributed by atoms with van der Waals surface area (Å²) in [5, 5.41) is 4.54. The molecule has 0 saturated carbocycles. The Balaban J connectivity index is 2.14. The van der Waals surface area contributed by atoms with E-state index in [0.29, 0.717) is 0 Å². The van der Waals surface area contributed by atoms with Crippen LogP contribution in [0.15, 0.2) is 28.7 Å². The van der Waals surface area contributed by atoms with Gasteiger partial charge in [-0.3, -0.25) is 16.0 Å². The lowest BCUT2D eigenvalue weighted by Crippen LogP contribution is -2.39. The monoisotopic (exact) mass is 350 g/mol. The highest BCUT2D eigenvalue weighted by Gasteiger charge is 2.17. The standard InChI is InChI=1S/C16H23BrN4/c1-4-21-15(16(17)12(3)20-21)10-14(19-18)9-13-7-5-11(2)6-8-13/h5-8,14,19H,4,9-10,18H2,1-3H3. The molecule has 0 aliphatic heterocycles. The molecule has 1 heterocycles. The number of aryl methyl sites for hydroxylation is 3. The third kappa shape index (κ3) is 3.93. The molecular formula is C16H23BrN4. The molecule has 1 atom stereocenters. The molecule has 0 bridgehead atoms. The zero-order valence-corrected chi connectivity index (χ0v) is 14.4. The van der Waals surface area contributed by atoms with Crippen LogP contribution < -0.4 is 11.3 Å². The van der Waals surface area contributed by atoms with Gasteiger partial charge in [0.15, 0.2) is 0 Å². The van der Waals surface area contributed by atoms with Gasteiger partial charge in [-0.15, -0.1) is 0 Å². The molecule has 1 unspecified atom stereocenters. The van der Waals surface area contributed by atoms with E-state index in [2.05, 4.69) is 64.6 Å². The summed E-state index contributed by atoms with van der Waals surface area (Å²) in [5.41, 5.74) is 7.73. The van der Waals surface area contributed by atoms with Gasteiger partial charge < -0.3 is 0 Å². The van der Waals surface area contributed by atoms with E-state index in [1.165, 1.54) is 16.8 Å². The lowest BCUT2D eigenvalue weighted by Gasteiger charge is -2.17. The number of hydrogen-bond acceptors (Lipinski definition) is 3. The highest BCUT2D eigenvalue weighted by molar-refractivity contribution is 9.10. The van der Waals surface area contributed by atoms with Crippen molar-refractivity contribution in [2.45, 2.75) is 46.2 Å². The molecule has 0 saturated heterocycles. The Hall–Kier alpha value is -1.17. The van der Waals surface area contributed by atoms with E-state index in [9.17, 15) is 0 Å². The fraction of sp³-hybridized carbons (Fsp3) is 0.438. The number of hydrazine groups is 1. The Morgan fingerprint density at radius 2 is 1.90 bits per heavy atom. The van der Waals surface area contributed by atoms with Crippen molar-refractivity contribution in [3.05, 3.63) is 51.3 Å². The van der Waals surface area contributed by atoms with Crippen molar-refractivity contribution in [2.24, 2.45) is 5.84 Å². The maximum absolute atomic E-state index is 5.75. The predicted molar refractivity (Wildman–Crippen MR) is 90.0 cm³/mol. The molecule has 5 heteroatoms. The molecular weight excluding hydrogens is 328 g/mol. The number of halogens is 1. The summed E-state index contributed by atoms with van der Waals surface area (Å²) in [5.74, 6) is 5.75. The van der Waals surface area contributed by atoms with Crippen LogP contribution in [0.4, 0.5) is 0 Å². The molecule has 0 spiro atoms. The second kappa shape index (κ2) is 7.20. The van der Waals surface area contributed by atoms with E-state index in [1.807, 2.05) is 11.6 Å². The van der Waals surface area contributed by atoms with Crippen LogP contribution in [0.5, 0.6) is 0 Å². The average Bonchev–Trinajstić information content (AvgIpc) is 2.76. The minimum absolute atomic E-state index is 0.186. The largest absolute Gasteiger partial charge is 0.271 e. The zero-order chi connectivity index (χ0) is 15.4. The molecule has 0 amide bonds. The molecule has 2 rings (SSSR count). The molecule has 1 aromatic carbocycles. The molecule has 3 N–H and O–H groups in total. The van der Waals surface area contributed by atoms with Crippen LogP contribution in [0, 0.1) is 13.8 Å². The summed E-state index contributed by atoms with van der Waals surface area (Å²) in [6.45, 7) is 7.09. The number of hydrogen-bond donors (Lipinski definition) is 2. The quantitative estimate of drug-likeness (QED) is 0.622. The highest BCUT2D eigenvalue weighted by atomic mass is 79.9. The zero-order valence-electron chi connectivity index (χ0n) is 12.9. The van der Waals surface area contributed by atoms with E-state index in [1.54, 1.807) is 0 Å². The second-order valence-electron chi connectivity index (χ2n) is 5.42. The summed E-state index contributed by atoms with van der Waals surface area (Å²) in [7, 11) is 0. The van der Waals surface area contributed by atoms with Gasteiger partial charge in [0.25, 0.3) is 0 Å². The van der Waals surface area contributed by atoms with E-state index in [0.717, 1.165) is 29.6 Å². The predicted octanol–water partition coefficient (Wildman–Crippen LogP) is 2.90. The lowest BCUT2D eigenvalue weighted by atomic mass is 10.0. The smallest absolute Gasteiger partial charge is 0.0738 e. The number of nitrogens with one attached hydrogen (secondary N) is 1. The Labute approximate surface area is 134 Å². The molecule has 4 nitrogen and oxygen atoms in total. The lowest BCUT2D eigenvalue weighted by molar-refractivity contribution is 0.495. The van der Waals surface area contributed by atoms with E-state index in [-0.39, 0.29) is 6.04 Å². The highest BCUT2D eigenvalue weighted by Crippen LogP contribution is 2.23. The molecule has 21 heavy (non-hydrogen) atoms. The van der Waals surface area contributed by atoms with E-state index < -0.39 is 0 Å². The fourth-order valence-corrected chi connectivity index (χ4v) is 2.94. The van der Waals surface area contributed by atoms with Crippen molar-refractivity contribution >= 4 is 15.9 Å². The van der Waals surface area contributed by atoms with Gasteiger partial charge in [0.05, 0.1) is 15.9 Å². The third-order valence-corrected chi connectivity index (χ3v) is 4.76. The minimum Gasteiger partial charge on any atom is -0.271 e. The van der Waals surface area contributed by atoms with E-state index in [4.69, 9.17) is 5.84 Å². The van der Waals surface area contributed by atoms with Crippen molar-refractivity contribution in [1.29, 1.82) is 0 Å². The molecule has 0 aliphatic rings. The van der Waals surface area contributed by atoms with Crippen LogP contribution in [0.1, 0.15) is 29.4 Å². The number of aromatic nitrogens is 2. The summed E-state index contributed by atoms with van der Waals surface area (Å²) in [6, 6.07) is 8.79. The molecule has 114 valence electrons. The third-order valence-electron chi connectivity index (χ3n) is 3.73. The minimum atomic E-state index is 0.186. The Kier molecular flexibility index (Phi) is 5.56. The van der Waals surface area contributed by atoms with Crippen LogP contribution in [0.2, 0.25) is 0 Å². The maximum atomic E-state index is 5.75. The van der Waals surface area contributed by atoms with Gasteiger partial charge >= 0.3 is 0 Å². The average molecular weight is 351 g/mol. The maximum Gasteiger partial charge on any atom is 0.0738 e. The summed E-state index contributed by atoms with van der Waals surface area (Å²) in [4.78, 5) is 0. The Morgan fingerprint density at radius 3 is 2.48 bits per heavy atom. The van der Waals surface area contributed by atoms with Crippen LogP contribution in [-0.4, -0.2) is 15.8 Å². The van der Waals surface area contributed by atoms with Crippen molar-refractivity contribution in [2.75, 3.05) is 0 Å². The molecule has 1 aromatic heterocycles. The van der Waals surface area contributed by atoms with Crippen molar-refractivity contribution < 1.29 is 0 Å².